The first kappa shape index (κ1) is 18.3. The van der Waals surface area contributed by atoms with E-state index < -0.39 is 0 Å². The van der Waals surface area contributed by atoms with Crippen molar-refractivity contribution >= 4 is 11.5 Å². The molecular weight excluding hydrogens is 322 g/mol. The number of nitrogens with one attached hydrogen (secondary N) is 1. The Morgan fingerprint density at radius 2 is 1.81 bits per heavy atom. The van der Waals surface area contributed by atoms with Crippen molar-refractivity contribution in [3.63, 3.8) is 0 Å². The van der Waals surface area contributed by atoms with Gasteiger partial charge in [0.05, 0.1) is 0 Å². The molecule has 0 amide bonds. The van der Waals surface area contributed by atoms with Crippen LogP contribution in [-0.4, -0.2) is 20.0 Å². The summed E-state index contributed by atoms with van der Waals surface area (Å²) in [6.07, 6.45) is 3.07. The molecule has 0 spiro atoms. The number of aryl methyl sites for hydroxylation is 1. The summed E-state index contributed by atoms with van der Waals surface area (Å²) >= 11 is 0. The third kappa shape index (κ3) is 4.01. The van der Waals surface area contributed by atoms with E-state index in [1.54, 1.807) is 12.1 Å². The minimum atomic E-state index is -0.106. The molecule has 4 nitrogen and oxygen atoms in total. The molecule has 3 rings (SSSR count). The van der Waals surface area contributed by atoms with Crippen molar-refractivity contribution in [1.82, 2.24) is 9.38 Å². The Morgan fingerprint density at radius 3 is 2.46 bits per heavy atom. The zero-order chi connectivity index (χ0) is 19.1. The molecule has 0 atom stereocenters. The van der Waals surface area contributed by atoms with Crippen LogP contribution in [0.5, 0.6) is 5.75 Å². The molecule has 138 valence electrons. The third-order valence-corrected chi connectivity index (χ3v) is 4.33. The van der Waals surface area contributed by atoms with Crippen LogP contribution in [0.15, 0.2) is 42.6 Å². The fraction of sp³-hybridized carbons (Fsp3) is 0.409. The molecule has 0 aliphatic rings. The summed E-state index contributed by atoms with van der Waals surface area (Å²) in [7, 11) is 0. The van der Waals surface area contributed by atoms with Crippen molar-refractivity contribution in [2.75, 3.05) is 5.32 Å². The predicted molar refractivity (Wildman–Crippen MR) is 109 cm³/mol. The molecule has 0 saturated heterocycles. The molecule has 1 aromatic carbocycles. The van der Waals surface area contributed by atoms with Crippen LogP contribution >= 0.6 is 0 Å². The van der Waals surface area contributed by atoms with Crippen LogP contribution in [-0.2, 0) is 0 Å². The first-order valence-electron chi connectivity index (χ1n) is 9.10. The highest BCUT2D eigenvalue weighted by Crippen LogP contribution is 2.35. The monoisotopic (exact) mass is 351 g/mol. The maximum absolute atomic E-state index is 9.91. The molecule has 0 unspecified atom stereocenters. The zero-order valence-corrected chi connectivity index (χ0v) is 16.6. The quantitative estimate of drug-likeness (QED) is 0.639. The van der Waals surface area contributed by atoms with Crippen molar-refractivity contribution < 1.29 is 5.11 Å². The lowest BCUT2D eigenvalue weighted by atomic mass is 9.82. The summed E-state index contributed by atoms with van der Waals surface area (Å²) in [5, 5.41) is 13.6. The molecule has 3 aromatic rings. The van der Waals surface area contributed by atoms with Crippen molar-refractivity contribution in [3.8, 4) is 17.0 Å². The molecule has 0 aliphatic heterocycles. The zero-order valence-electron chi connectivity index (χ0n) is 16.6. The van der Waals surface area contributed by atoms with Gasteiger partial charge in [-0.05, 0) is 62.4 Å². The summed E-state index contributed by atoms with van der Waals surface area (Å²) in [5.74, 6) is 1.20. The van der Waals surface area contributed by atoms with Gasteiger partial charge in [-0.25, -0.2) is 4.98 Å². The van der Waals surface area contributed by atoms with Crippen molar-refractivity contribution in [1.29, 1.82) is 0 Å². The van der Waals surface area contributed by atoms with Crippen LogP contribution in [0.3, 0.4) is 0 Å². The van der Waals surface area contributed by atoms with Crippen LogP contribution < -0.4 is 5.32 Å². The molecule has 0 saturated carbocycles. The second kappa shape index (κ2) is 6.35. The van der Waals surface area contributed by atoms with E-state index in [2.05, 4.69) is 69.6 Å². The van der Waals surface area contributed by atoms with E-state index in [1.807, 2.05) is 12.1 Å². The predicted octanol–water partition coefficient (Wildman–Crippen LogP) is 5.64. The number of nitrogens with zero attached hydrogens (tertiary/aromatic N) is 2. The van der Waals surface area contributed by atoms with Gasteiger partial charge in [0.2, 0.25) is 0 Å². The molecule has 2 aromatic heterocycles. The Labute approximate surface area is 155 Å². The van der Waals surface area contributed by atoms with E-state index in [-0.39, 0.29) is 16.7 Å². The van der Waals surface area contributed by atoms with Gasteiger partial charge in [0.1, 0.15) is 22.9 Å². The highest BCUT2D eigenvalue weighted by atomic mass is 16.3. The molecule has 0 radical (unpaired) electrons. The van der Waals surface area contributed by atoms with E-state index in [9.17, 15) is 5.11 Å². The maximum Gasteiger partial charge on any atom is 0.139 e. The number of hydrogen-bond acceptors (Lipinski definition) is 3. The van der Waals surface area contributed by atoms with E-state index in [4.69, 9.17) is 4.98 Å². The number of aromatic nitrogens is 2. The Bertz CT molecular complexity index is 932. The highest BCUT2D eigenvalue weighted by molar-refractivity contribution is 5.77. The molecule has 0 aliphatic carbocycles. The third-order valence-electron chi connectivity index (χ3n) is 4.33. The van der Waals surface area contributed by atoms with Gasteiger partial charge < -0.3 is 10.4 Å². The Morgan fingerprint density at radius 1 is 1.08 bits per heavy atom. The molecule has 2 N–H and O–H groups in total. The lowest BCUT2D eigenvalue weighted by Crippen LogP contribution is -2.36. The van der Waals surface area contributed by atoms with E-state index in [0.29, 0.717) is 0 Å². The molecule has 4 heteroatoms. The number of benzene rings is 1. The summed E-state index contributed by atoms with van der Waals surface area (Å²) < 4.78 is 2.09. The Balaban J connectivity index is 2.14. The van der Waals surface area contributed by atoms with Crippen LogP contribution in [0.2, 0.25) is 0 Å². The van der Waals surface area contributed by atoms with E-state index in [0.717, 1.165) is 29.1 Å². The average Bonchev–Trinajstić information content (AvgIpc) is 2.81. The maximum atomic E-state index is 9.91. The van der Waals surface area contributed by atoms with Gasteiger partial charge in [0, 0.05) is 17.3 Å². The fourth-order valence-corrected chi connectivity index (χ4v) is 3.81. The first-order valence-corrected chi connectivity index (χ1v) is 9.10. The van der Waals surface area contributed by atoms with Crippen molar-refractivity contribution in [2.45, 2.75) is 53.5 Å². The standard InChI is InChI=1S/C22H29N3O/c1-15-10-11-25-18(12-15)23-19(16-8-7-9-17(26)13-16)20(25)24-22(5,6)14-21(2,3)4/h7-13,24,26H,14H2,1-6H3. The summed E-state index contributed by atoms with van der Waals surface area (Å²) in [5.41, 5.74) is 3.93. The summed E-state index contributed by atoms with van der Waals surface area (Å²) in [6.45, 7) is 13.3. The smallest absolute Gasteiger partial charge is 0.139 e. The van der Waals surface area contributed by atoms with Gasteiger partial charge in [0.25, 0.3) is 0 Å². The van der Waals surface area contributed by atoms with Crippen LogP contribution in [0.1, 0.15) is 46.6 Å². The highest BCUT2D eigenvalue weighted by Gasteiger charge is 2.28. The largest absolute Gasteiger partial charge is 0.508 e. The first-order chi connectivity index (χ1) is 12.0. The molecule has 26 heavy (non-hydrogen) atoms. The number of anilines is 1. The van der Waals surface area contributed by atoms with Gasteiger partial charge in [0.15, 0.2) is 0 Å². The van der Waals surface area contributed by atoms with Crippen LogP contribution in [0.4, 0.5) is 5.82 Å². The number of phenols is 1. The number of hydrogen-bond donors (Lipinski definition) is 2. The number of aromatic hydroxyl groups is 1. The van der Waals surface area contributed by atoms with Gasteiger partial charge in [-0.15, -0.1) is 0 Å². The van der Waals surface area contributed by atoms with Crippen LogP contribution in [0, 0.1) is 12.3 Å². The molecule has 0 bridgehead atoms. The van der Waals surface area contributed by atoms with Gasteiger partial charge in [-0.3, -0.25) is 4.40 Å². The van der Waals surface area contributed by atoms with Gasteiger partial charge in [-0.1, -0.05) is 32.9 Å². The Hall–Kier alpha value is -2.49. The Kier molecular flexibility index (Phi) is 4.47. The average molecular weight is 351 g/mol. The molecular formula is C22H29N3O. The summed E-state index contributed by atoms with van der Waals surface area (Å²) in [4.78, 5) is 4.85. The number of rotatable bonds is 4. The summed E-state index contributed by atoms with van der Waals surface area (Å²) in [6, 6.07) is 11.4. The number of imidazole rings is 1. The second-order valence-corrected chi connectivity index (χ2v) is 9.04. The van der Waals surface area contributed by atoms with Crippen molar-refractivity contribution in [3.05, 3.63) is 48.2 Å². The van der Waals surface area contributed by atoms with Crippen LogP contribution in [0.25, 0.3) is 16.9 Å². The number of fused-ring (bicyclic) bond motifs is 1. The van der Waals surface area contributed by atoms with E-state index in [1.165, 1.54) is 5.56 Å². The second-order valence-electron chi connectivity index (χ2n) is 9.04. The fourth-order valence-electron chi connectivity index (χ4n) is 3.81. The lowest BCUT2D eigenvalue weighted by Gasteiger charge is -2.34. The van der Waals surface area contributed by atoms with Gasteiger partial charge in [-0.2, -0.15) is 0 Å². The van der Waals surface area contributed by atoms with Gasteiger partial charge >= 0.3 is 0 Å². The molecule has 0 fully saturated rings. The van der Waals surface area contributed by atoms with Crippen molar-refractivity contribution in [2.24, 2.45) is 5.41 Å². The SMILES string of the molecule is Cc1ccn2c(NC(C)(C)CC(C)(C)C)c(-c3cccc(O)c3)nc2c1. The number of pyridine rings is 1. The lowest BCUT2D eigenvalue weighted by molar-refractivity contribution is 0.302. The minimum Gasteiger partial charge on any atom is -0.508 e. The topological polar surface area (TPSA) is 49.6 Å². The number of phenolic OH excluding ortho intramolecular Hbond substituents is 1. The van der Waals surface area contributed by atoms with E-state index >= 15 is 0 Å². The normalized spacial score (nSPS) is 12.5. The molecule has 2 heterocycles. The minimum absolute atomic E-state index is 0.106.